The van der Waals surface area contributed by atoms with Gasteiger partial charge in [0.2, 0.25) is 0 Å². The van der Waals surface area contributed by atoms with Gasteiger partial charge >= 0.3 is 0 Å². The quantitative estimate of drug-likeness (QED) is 0.801. The first-order valence-electron chi connectivity index (χ1n) is 8.33. The molecular formula is C20H26N2O3. The Morgan fingerprint density at radius 2 is 1.76 bits per heavy atom. The average Bonchev–Trinajstić information content (AvgIpc) is 2.66. The summed E-state index contributed by atoms with van der Waals surface area (Å²) in [5.41, 5.74) is 7.52. The molecule has 25 heavy (non-hydrogen) atoms. The summed E-state index contributed by atoms with van der Waals surface area (Å²) >= 11 is 0. The minimum atomic E-state index is -0.0599. The number of ether oxygens (including phenoxy) is 2. The van der Waals surface area contributed by atoms with Crippen molar-refractivity contribution in [2.45, 2.75) is 18.9 Å². The maximum atomic E-state index is 12.9. The van der Waals surface area contributed by atoms with Crippen LogP contribution in [0.1, 0.15) is 22.3 Å². The van der Waals surface area contributed by atoms with Crippen LogP contribution in [0.5, 0.6) is 11.5 Å². The number of amides is 1. The van der Waals surface area contributed by atoms with Gasteiger partial charge < -0.3 is 20.1 Å². The second-order valence-corrected chi connectivity index (χ2v) is 5.91. The van der Waals surface area contributed by atoms with Gasteiger partial charge in [0.1, 0.15) is 0 Å². The summed E-state index contributed by atoms with van der Waals surface area (Å²) in [6, 6.07) is 15.4. The lowest BCUT2D eigenvalue weighted by atomic mass is 10.0. The highest BCUT2D eigenvalue weighted by atomic mass is 16.5. The molecule has 0 aliphatic rings. The Morgan fingerprint density at radius 1 is 1.08 bits per heavy atom. The molecule has 0 spiro atoms. The number of carbonyl (C=O) groups excluding carboxylic acids is 1. The van der Waals surface area contributed by atoms with E-state index < -0.39 is 0 Å². The van der Waals surface area contributed by atoms with E-state index in [1.54, 1.807) is 37.3 Å². The first kappa shape index (κ1) is 18.8. The maximum absolute atomic E-state index is 12.9. The first-order chi connectivity index (χ1) is 12.1. The molecule has 0 unspecified atom stereocenters. The largest absolute Gasteiger partial charge is 0.493 e. The third-order valence-corrected chi connectivity index (χ3v) is 4.31. The van der Waals surface area contributed by atoms with Crippen LogP contribution in [0.25, 0.3) is 0 Å². The minimum absolute atomic E-state index is 0.0352. The topological polar surface area (TPSA) is 64.8 Å². The Balaban J connectivity index is 2.20. The Kier molecular flexibility index (Phi) is 6.83. The predicted molar refractivity (Wildman–Crippen MR) is 99.2 cm³/mol. The van der Waals surface area contributed by atoms with E-state index in [1.807, 2.05) is 25.2 Å². The van der Waals surface area contributed by atoms with Gasteiger partial charge in [-0.15, -0.1) is 0 Å². The zero-order valence-electron chi connectivity index (χ0n) is 15.1. The van der Waals surface area contributed by atoms with Crippen LogP contribution >= 0.6 is 0 Å². The number of benzene rings is 2. The van der Waals surface area contributed by atoms with Gasteiger partial charge in [-0.3, -0.25) is 4.79 Å². The molecule has 2 aromatic rings. The summed E-state index contributed by atoms with van der Waals surface area (Å²) in [7, 11) is 4.95. The number of nitrogens with zero attached hydrogens (tertiary/aromatic N) is 1. The summed E-state index contributed by atoms with van der Waals surface area (Å²) in [6.07, 6.45) is 1.51. The molecule has 0 radical (unpaired) electrons. The maximum Gasteiger partial charge on any atom is 0.253 e. The normalized spacial score (nSPS) is 11.7. The zero-order valence-corrected chi connectivity index (χ0v) is 15.1. The molecule has 1 atom stereocenters. The molecule has 0 aromatic heterocycles. The fourth-order valence-electron chi connectivity index (χ4n) is 2.85. The van der Waals surface area contributed by atoms with Crippen LogP contribution in [0.2, 0.25) is 0 Å². The molecule has 0 aliphatic heterocycles. The highest BCUT2D eigenvalue weighted by molar-refractivity contribution is 5.95. The molecule has 1 amide bonds. The van der Waals surface area contributed by atoms with Crippen LogP contribution in [-0.4, -0.2) is 44.7 Å². The molecule has 0 bridgehead atoms. The van der Waals surface area contributed by atoms with E-state index in [0.717, 1.165) is 12.8 Å². The van der Waals surface area contributed by atoms with Crippen molar-refractivity contribution >= 4 is 5.91 Å². The van der Waals surface area contributed by atoms with E-state index in [0.29, 0.717) is 23.6 Å². The van der Waals surface area contributed by atoms with Crippen molar-refractivity contribution in [3.8, 4) is 11.5 Å². The minimum Gasteiger partial charge on any atom is -0.493 e. The van der Waals surface area contributed by atoms with Gasteiger partial charge in [-0.2, -0.15) is 0 Å². The molecule has 0 heterocycles. The summed E-state index contributed by atoms with van der Waals surface area (Å²) in [6.45, 7) is 0.529. The fourth-order valence-corrected chi connectivity index (χ4v) is 2.85. The monoisotopic (exact) mass is 342 g/mol. The van der Waals surface area contributed by atoms with Crippen molar-refractivity contribution in [1.29, 1.82) is 0 Å². The van der Waals surface area contributed by atoms with Crippen molar-refractivity contribution in [3.05, 3.63) is 59.7 Å². The molecule has 2 rings (SSSR count). The zero-order chi connectivity index (χ0) is 18.2. The van der Waals surface area contributed by atoms with Gasteiger partial charge in [-0.25, -0.2) is 0 Å². The van der Waals surface area contributed by atoms with E-state index in [2.05, 4.69) is 12.1 Å². The molecule has 5 nitrogen and oxygen atoms in total. The molecule has 2 N–H and O–H groups in total. The molecule has 134 valence electrons. The first-order valence-corrected chi connectivity index (χ1v) is 8.33. The number of likely N-dealkylation sites (N-methyl/N-ethyl adjacent to an activating group) is 1. The number of nitrogens with two attached hydrogens (primary N) is 1. The lowest BCUT2D eigenvalue weighted by Gasteiger charge is -2.28. The number of methoxy groups -OCH3 is 2. The van der Waals surface area contributed by atoms with E-state index >= 15 is 0 Å². The molecule has 2 aromatic carbocycles. The molecule has 0 fully saturated rings. The number of carbonyl (C=O) groups is 1. The van der Waals surface area contributed by atoms with Gasteiger partial charge in [0.25, 0.3) is 5.91 Å². The van der Waals surface area contributed by atoms with Gasteiger partial charge in [0.15, 0.2) is 11.5 Å². The third kappa shape index (κ3) is 4.73. The van der Waals surface area contributed by atoms with Gasteiger partial charge in [0, 0.05) is 18.7 Å². The van der Waals surface area contributed by atoms with Crippen LogP contribution in [-0.2, 0) is 6.42 Å². The molecule has 0 aliphatic carbocycles. The Hall–Kier alpha value is -2.53. The van der Waals surface area contributed by atoms with E-state index in [1.165, 1.54) is 5.56 Å². The van der Waals surface area contributed by atoms with Crippen molar-refractivity contribution in [2.75, 3.05) is 27.8 Å². The smallest absolute Gasteiger partial charge is 0.253 e. The van der Waals surface area contributed by atoms with Crippen molar-refractivity contribution < 1.29 is 14.3 Å². The van der Waals surface area contributed by atoms with Gasteiger partial charge in [-0.1, -0.05) is 30.3 Å². The SMILES string of the molecule is COc1ccc(C(=O)N(C)[C@H](CCN)Cc2ccccc2)cc1OC. The second kappa shape index (κ2) is 9.08. The van der Waals surface area contributed by atoms with E-state index in [4.69, 9.17) is 15.2 Å². The molecule has 0 saturated heterocycles. The third-order valence-electron chi connectivity index (χ3n) is 4.31. The summed E-state index contributed by atoms with van der Waals surface area (Å²) in [4.78, 5) is 14.7. The molecule has 0 saturated carbocycles. The van der Waals surface area contributed by atoms with Gasteiger partial charge in [0.05, 0.1) is 14.2 Å². The van der Waals surface area contributed by atoms with Crippen molar-refractivity contribution in [2.24, 2.45) is 5.73 Å². The highest BCUT2D eigenvalue weighted by Gasteiger charge is 2.22. The van der Waals surface area contributed by atoms with Crippen molar-refractivity contribution in [1.82, 2.24) is 4.90 Å². The highest BCUT2D eigenvalue weighted by Crippen LogP contribution is 2.28. The van der Waals surface area contributed by atoms with Crippen LogP contribution < -0.4 is 15.2 Å². The Bertz CT molecular complexity index is 689. The number of hydrogen-bond acceptors (Lipinski definition) is 4. The van der Waals surface area contributed by atoms with Crippen LogP contribution in [0.4, 0.5) is 0 Å². The Morgan fingerprint density at radius 3 is 2.36 bits per heavy atom. The van der Waals surface area contributed by atoms with Crippen LogP contribution in [0, 0.1) is 0 Å². The lowest BCUT2D eigenvalue weighted by Crippen LogP contribution is -2.39. The number of rotatable bonds is 8. The standard InChI is InChI=1S/C20H26N2O3/c1-22(17(11-12-21)13-15-7-5-4-6-8-15)20(23)16-9-10-18(24-2)19(14-16)25-3/h4-10,14,17H,11-13,21H2,1-3H3/t17-/m1/s1. The van der Waals surface area contributed by atoms with Crippen LogP contribution in [0.15, 0.2) is 48.5 Å². The van der Waals surface area contributed by atoms with Crippen LogP contribution in [0.3, 0.4) is 0 Å². The van der Waals surface area contributed by atoms with E-state index in [-0.39, 0.29) is 11.9 Å². The fraction of sp³-hybridized carbons (Fsp3) is 0.350. The summed E-state index contributed by atoms with van der Waals surface area (Å²) < 4.78 is 10.5. The predicted octanol–water partition coefficient (Wildman–Crippen LogP) is 2.74. The summed E-state index contributed by atoms with van der Waals surface area (Å²) in [5.74, 6) is 1.08. The average molecular weight is 342 g/mol. The molecule has 5 heteroatoms. The summed E-state index contributed by atoms with van der Waals surface area (Å²) in [5, 5.41) is 0. The van der Waals surface area contributed by atoms with E-state index in [9.17, 15) is 4.79 Å². The second-order valence-electron chi connectivity index (χ2n) is 5.91. The van der Waals surface area contributed by atoms with Crippen molar-refractivity contribution in [3.63, 3.8) is 0 Å². The lowest BCUT2D eigenvalue weighted by molar-refractivity contribution is 0.0725. The number of hydrogen-bond donors (Lipinski definition) is 1. The Labute approximate surface area is 149 Å². The van der Waals surface area contributed by atoms with Gasteiger partial charge in [-0.05, 0) is 43.1 Å². The molecular weight excluding hydrogens is 316 g/mol.